The number of aldehydes is 3. The molecule has 0 amide bonds. The van der Waals surface area contributed by atoms with Crippen molar-refractivity contribution in [3.63, 3.8) is 0 Å². The summed E-state index contributed by atoms with van der Waals surface area (Å²) in [6.07, 6.45) is -13.5. The SMILES string of the molecule is COCOc1c(C=O)cc2c(c1C(F)(F)F)OCO2.COCOc1c(C=O)cc2c(c1C(F)(F)F)OCO2.COCOc1c(C=O)cc2c(c1C(F)(F)F)OCO2. The fraction of sp³-hybridized carbons (Fsp3) is 0.364. The van der Waals surface area contributed by atoms with Crippen LogP contribution in [0.15, 0.2) is 18.2 Å². The molecule has 0 saturated carbocycles. The van der Waals surface area contributed by atoms with Gasteiger partial charge in [-0.2, -0.15) is 39.5 Å². The van der Waals surface area contributed by atoms with Gasteiger partial charge in [0.1, 0.15) is 33.9 Å². The van der Waals surface area contributed by atoms with Crippen LogP contribution in [0.4, 0.5) is 39.5 Å². The lowest BCUT2D eigenvalue weighted by atomic mass is 10.1. The Morgan fingerprint density at radius 2 is 0.719 bits per heavy atom. The Hall–Kier alpha value is -5.88. The Bertz CT molecular complexity index is 1710. The van der Waals surface area contributed by atoms with E-state index in [9.17, 15) is 53.9 Å². The molecule has 57 heavy (non-hydrogen) atoms. The average Bonchev–Trinajstić information content (AvgIpc) is 3.93. The predicted molar refractivity (Wildman–Crippen MR) is 166 cm³/mol. The second-order valence-corrected chi connectivity index (χ2v) is 10.7. The zero-order valence-electron chi connectivity index (χ0n) is 29.2. The summed E-state index contributed by atoms with van der Waals surface area (Å²) in [4.78, 5) is 32.7. The molecule has 15 nitrogen and oxygen atoms in total. The van der Waals surface area contributed by atoms with Gasteiger partial charge in [0.2, 0.25) is 20.4 Å². The second-order valence-electron chi connectivity index (χ2n) is 10.7. The van der Waals surface area contributed by atoms with Crippen molar-refractivity contribution in [1.29, 1.82) is 0 Å². The number of fused-ring (bicyclic) bond motifs is 3. The highest BCUT2D eigenvalue weighted by molar-refractivity contribution is 5.85. The molecule has 0 aliphatic carbocycles. The summed E-state index contributed by atoms with van der Waals surface area (Å²) in [6.45, 7) is -2.31. The molecule has 24 heteroatoms. The Morgan fingerprint density at radius 1 is 0.474 bits per heavy atom. The highest BCUT2D eigenvalue weighted by Gasteiger charge is 2.45. The molecule has 0 spiro atoms. The van der Waals surface area contributed by atoms with Crippen molar-refractivity contribution in [2.24, 2.45) is 0 Å². The van der Waals surface area contributed by atoms with Gasteiger partial charge in [0, 0.05) is 21.3 Å². The molecular weight excluding hydrogens is 807 g/mol. The van der Waals surface area contributed by atoms with Crippen molar-refractivity contribution in [3.8, 4) is 51.7 Å². The quantitative estimate of drug-likeness (QED) is 0.108. The van der Waals surface area contributed by atoms with Crippen LogP contribution in [0, 0.1) is 0 Å². The predicted octanol–water partition coefficient (Wildman–Crippen LogP) is 6.69. The topological polar surface area (TPSA) is 162 Å². The molecule has 0 aromatic heterocycles. The van der Waals surface area contributed by atoms with Crippen molar-refractivity contribution in [2.45, 2.75) is 18.5 Å². The molecule has 0 fully saturated rings. The van der Waals surface area contributed by atoms with E-state index in [4.69, 9.17) is 42.6 Å². The number of hydrogen-bond acceptors (Lipinski definition) is 15. The van der Waals surface area contributed by atoms with Gasteiger partial charge in [-0.05, 0) is 18.2 Å². The molecule has 3 aromatic rings. The van der Waals surface area contributed by atoms with Crippen molar-refractivity contribution in [3.05, 3.63) is 51.6 Å². The molecule has 3 aliphatic rings. The van der Waals surface area contributed by atoms with Gasteiger partial charge in [-0.25, -0.2) is 0 Å². The molecule has 3 aliphatic heterocycles. The fourth-order valence-corrected chi connectivity index (χ4v) is 4.99. The maximum atomic E-state index is 13.1. The summed E-state index contributed by atoms with van der Waals surface area (Å²) < 4.78 is 175. The molecule has 0 N–H and O–H groups in total. The van der Waals surface area contributed by atoms with Crippen LogP contribution in [0.5, 0.6) is 51.7 Å². The Kier molecular flexibility index (Phi) is 14.1. The van der Waals surface area contributed by atoms with Crippen LogP contribution in [0.25, 0.3) is 0 Å². The van der Waals surface area contributed by atoms with E-state index in [1.807, 2.05) is 0 Å². The van der Waals surface area contributed by atoms with E-state index in [0.29, 0.717) is 0 Å². The standard InChI is InChI=1S/3C11H9F3O5/c3*1-16-4-18-9-6(3-15)2-7-10(19-5-17-7)8(9)11(12,13)14/h3*2-3H,4-5H2,1H3. The van der Waals surface area contributed by atoms with Crippen LogP contribution in [-0.2, 0) is 32.7 Å². The summed E-state index contributed by atoms with van der Waals surface area (Å²) in [6, 6.07) is 3.40. The molecule has 312 valence electrons. The number of benzene rings is 3. The molecular formula is C33H27F9O15. The van der Waals surface area contributed by atoms with Crippen molar-refractivity contribution in [1.82, 2.24) is 0 Å². The lowest BCUT2D eigenvalue weighted by molar-refractivity contribution is -0.141. The van der Waals surface area contributed by atoms with Crippen molar-refractivity contribution < 1.29 is 111 Å². The van der Waals surface area contributed by atoms with Gasteiger partial charge in [-0.15, -0.1) is 0 Å². The molecule has 0 unspecified atom stereocenters. The average molecular weight is 835 g/mol. The van der Waals surface area contributed by atoms with E-state index in [0.717, 1.165) is 18.2 Å². The van der Waals surface area contributed by atoms with Crippen LogP contribution in [-0.4, -0.2) is 80.9 Å². The number of rotatable bonds is 12. The molecule has 0 radical (unpaired) electrons. The fourth-order valence-electron chi connectivity index (χ4n) is 4.99. The Balaban J connectivity index is 0.000000189. The molecule has 0 atom stereocenters. The Morgan fingerprint density at radius 3 is 0.912 bits per heavy atom. The lowest BCUT2D eigenvalue weighted by Gasteiger charge is -2.17. The van der Waals surface area contributed by atoms with Crippen molar-refractivity contribution in [2.75, 3.05) is 62.1 Å². The Labute approximate surface area is 313 Å². The summed E-state index contributed by atoms with van der Waals surface area (Å²) >= 11 is 0. The summed E-state index contributed by atoms with van der Waals surface area (Å²) in [5.74, 6) is -3.76. The van der Waals surface area contributed by atoms with Gasteiger partial charge < -0.3 is 56.8 Å². The first-order chi connectivity index (χ1) is 27.0. The van der Waals surface area contributed by atoms with Gasteiger partial charge in [0.05, 0.1) is 16.7 Å². The van der Waals surface area contributed by atoms with E-state index < -0.39 is 90.1 Å². The number of carbonyl (C=O) groups excluding carboxylic acids is 3. The molecule has 0 saturated heterocycles. The number of alkyl halides is 9. The number of halogens is 9. The monoisotopic (exact) mass is 834 g/mol. The third-order valence-corrected chi connectivity index (χ3v) is 7.13. The normalized spacial score (nSPS) is 13.5. The van der Waals surface area contributed by atoms with Gasteiger partial charge in [0.15, 0.2) is 73.7 Å². The first kappa shape index (κ1) is 43.8. The minimum atomic E-state index is -4.75. The number of methoxy groups -OCH3 is 3. The van der Waals surface area contributed by atoms with E-state index in [-0.39, 0.29) is 73.2 Å². The largest absolute Gasteiger partial charge is 0.466 e. The zero-order chi connectivity index (χ0) is 42.1. The zero-order valence-corrected chi connectivity index (χ0v) is 29.2. The highest BCUT2D eigenvalue weighted by Crippen LogP contribution is 2.53. The number of ether oxygens (including phenoxy) is 12. The molecule has 0 bridgehead atoms. The minimum absolute atomic E-state index is 0.140. The van der Waals surface area contributed by atoms with Crippen LogP contribution in [0.3, 0.4) is 0 Å². The summed E-state index contributed by atoms with van der Waals surface area (Å²) in [5, 5.41) is 0. The molecule has 3 heterocycles. The molecule has 3 aromatic carbocycles. The first-order valence-corrected chi connectivity index (χ1v) is 15.3. The van der Waals surface area contributed by atoms with E-state index in [1.165, 1.54) is 21.3 Å². The second kappa shape index (κ2) is 18.4. The number of carbonyl (C=O) groups is 3. The minimum Gasteiger partial charge on any atom is -0.466 e. The smallest absolute Gasteiger partial charge is 0.423 e. The van der Waals surface area contributed by atoms with Crippen LogP contribution >= 0.6 is 0 Å². The number of hydrogen-bond donors (Lipinski definition) is 0. The highest BCUT2D eigenvalue weighted by atomic mass is 19.4. The van der Waals surface area contributed by atoms with E-state index in [1.54, 1.807) is 0 Å². The van der Waals surface area contributed by atoms with E-state index in [2.05, 4.69) is 14.2 Å². The van der Waals surface area contributed by atoms with E-state index >= 15 is 0 Å². The van der Waals surface area contributed by atoms with Crippen LogP contribution < -0.4 is 42.6 Å². The van der Waals surface area contributed by atoms with Gasteiger partial charge >= 0.3 is 18.5 Å². The first-order valence-electron chi connectivity index (χ1n) is 15.3. The van der Waals surface area contributed by atoms with Gasteiger partial charge in [0.25, 0.3) is 0 Å². The van der Waals surface area contributed by atoms with Gasteiger partial charge in [-0.1, -0.05) is 0 Å². The summed E-state index contributed by atoms with van der Waals surface area (Å²) in [5.41, 5.74) is -4.39. The lowest BCUT2D eigenvalue weighted by Crippen LogP contribution is -2.13. The maximum absolute atomic E-state index is 13.1. The maximum Gasteiger partial charge on any atom is 0.423 e. The molecule has 6 rings (SSSR count). The third-order valence-electron chi connectivity index (χ3n) is 7.13. The van der Waals surface area contributed by atoms with Gasteiger partial charge in [-0.3, -0.25) is 14.4 Å². The van der Waals surface area contributed by atoms with Crippen LogP contribution in [0.2, 0.25) is 0 Å². The third kappa shape index (κ3) is 9.93. The van der Waals surface area contributed by atoms with Crippen molar-refractivity contribution >= 4 is 18.9 Å². The summed E-state index contributed by atoms with van der Waals surface area (Å²) in [7, 11) is 3.75. The van der Waals surface area contributed by atoms with Crippen LogP contribution in [0.1, 0.15) is 47.8 Å².